The van der Waals surface area contributed by atoms with E-state index in [1.807, 2.05) is 0 Å². The van der Waals surface area contributed by atoms with Gasteiger partial charge in [0.15, 0.2) is 0 Å². The molecule has 4 aromatic carbocycles. The van der Waals surface area contributed by atoms with Crippen LogP contribution in [0.25, 0.3) is 11.1 Å². The largest absolute Gasteiger partial charge is 0.418 e. The second-order valence-electron chi connectivity index (χ2n) is 8.99. The number of sulfonamides is 1. The van der Waals surface area contributed by atoms with E-state index in [2.05, 4.69) is 5.32 Å². The number of nitrogens with one attached hydrogen (secondary N) is 2. The van der Waals surface area contributed by atoms with Crippen LogP contribution < -0.4 is 19.9 Å². The van der Waals surface area contributed by atoms with Crippen LogP contribution in [0.1, 0.15) is 18.1 Å². The monoisotopic (exact) mass is 590 g/mol. The number of nitrogens with zero attached hydrogens (tertiary/aromatic N) is 1. The van der Waals surface area contributed by atoms with Crippen LogP contribution in [0.2, 0.25) is 0 Å². The van der Waals surface area contributed by atoms with Gasteiger partial charge in [-0.1, -0.05) is 48.5 Å². The number of carbonyl (C=O) groups excluding carboxylic acids is 2. The summed E-state index contributed by atoms with van der Waals surface area (Å²) in [5.74, 6) is -0.317. The Morgan fingerprint density at radius 3 is 2.21 bits per heavy atom. The lowest BCUT2D eigenvalue weighted by atomic mass is 10.1. The normalized spacial score (nSPS) is 10.9. The Morgan fingerprint density at radius 1 is 0.905 bits per heavy atom. The second kappa shape index (κ2) is 13.1. The molecular formula is C30H27FN4O6S. The Morgan fingerprint density at radius 2 is 1.55 bits per heavy atom. The van der Waals surface area contributed by atoms with Gasteiger partial charge in [-0.15, -0.1) is 0 Å². The maximum Gasteiger partial charge on any atom is 0.418 e. The second-order valence-corrected chi connectivity index (χ2v) is 10.5. The first kappa shape index (κ1) is 29.9. The average molecular weight is 591 g/mol. The van der Waals surface area contributed by atoms with Crippen molar-refractivity contribution in [3.05, 3.63) is 114 Å². The van der Waals surface area contributed by atoms with Gasteiger partial charge in [-0.3, -0.25) is 10.7 Å². The smallest absolute Gasteiger partial charge is 0.410 e. The van der Waals surface area contributed by atoms with Gasteiger partial charge in [0.05, 0.1) is 4.90 Å². The summed E-state index contributed by atoms with van der Waals surface area (Å²) in [7, 11) is -3.93. The molecule has 0 saturated heterocycles. The van der Waals surface area contributed by atoms with Crippen LogP contribution in [-0.4, -0.2) is 37.9 Å². The van der Waals surface area contributed by atoms with Crippen LogP contribution in [0.15, 0.2) is 102 Å². The molecule has 0 aliphatic carbocycles. The molecular weight excluding hydrogens is 563 g/mol. The Balaban J connectivity index is 1.38. The standard InChI is InChI=1S/C30H27FN4O6S/c1-2-35(30(37)41-25-14-10-21(11-15-25)26-8-3-4-9-27(26)42(33,38)39)19-20-6-5-7-22(18-20)28(32)34-29(36)40-24-16-12-23(31)13-17-24/h3-18H,2,19H2,1H3,(H2,32,34,36)(H2,33,38,39). The van der Waals surface area contributed by atoms with Gasteiger partial charge in [0.25, 0.3) is 0 Å². The van der Waals surface area contributed by atoms with Gasteiger partial charge in [0, 0.05) is 24.2 Å². The molecule has 0 radical (unpaired) electrons. The zero-order valence-corrected chi connectivity index (χ0v) is 23.2. The zero-order chi connectivity index (χ0) is 30.3. The van der Waals surface area contributed by atoms with Crippen LogP contribution in [0.3, 0.4) is 0 Å². The molecule has 4 N–H and O–H groups in total. The quantitative estimate of drug-likeness (QED) is 0.188. The Labute approximate surface area is 242 Å². The minimum absolute atomic E-state index is 0.0119. The van der Waals surface area contributed by atoms with E-state index < -0.39 is 28.0 Å². The summed E-state index contributed by atoms with van der Waals surface area (Å²) < 4.78 is 47.5. The van der Waals surface area contributed by atoms with Gasteiger partial charge in [0.1, 0.15) is 23.2 Å². The number of rotatable bonds is 8. The number of carbonyl (C=O) groups is 2. The van der Waals surface area contributed by atoms with E-state index in [0.717, 1.165) is 12.1 Å². The fraction of sp³-hybridized carbons (Fsp3) is 0.100. The molecule has 12 heteroatoms. The molecule has 2 amide bonds. The minimum Gasteiger partial charge on any atom is -0.410 e. The van der Waals surface area contributed by atoms with E-state index in [1.165, 1.54) is 23.1 Å². The fourth-order valence-corrected chi connectivity index (χ4v) is 4.74. The molecule has 0 aromatic heterocycles. The SMILES string of the molecule is CCN(Cc1cccc(C(=N)NC(=O)Oc2ccc(F)cc2)c1)C(=O)Oc1ccc(-c2ccccc2S(N)(=O)=O)cc1. The molecule has 0 fully saturated rings. The van der Waals surface area contributed by atoms with Crippen LogP contribution in [0, 0.1) is 11.2 Å². The Hall–Kier alpha value is -5.07. The third-order valence-corrected chi connectivity index (χ3v) is 7.01. The zero-order valence-electron chi connectivity index (χ0n) is 22.4. The van der Waals surface area contributed by atoms with Crippen molar-refractivity contribution in [2.24, 2.45) is 5.14 Å². The number of nitrogens with two attached hydrogens (primary N) is 1. The first-order chi connectivity index (χ1) is 20.0. The molecule has 0 atom stereocenters. The first-order valence-corrected chi connectivity index (χ1v) is 14.2. The Kier molecular flexibility index (Phi) is 9.30. The topological polar surface area (TPSA) is 152 Å². The van der Waals surface area contributed by atoms with Gasteiger partial charge in [-0.25, -0.2) is 27.5 Å². The molecule has 0 aliphatic rings. The molecule has 4 rings (SSSR count). The summed E-state index contributed by atoms with van der Waals surface area (Å²) in [5, 5.41) is 15.9. The van der Waals surface area contributed by atoms with Crippen molar-refractivity contribution in [3.63, 3.8) is 0 Å². The molecule has 0 aliphatic heterocycles. The van der Waals surface area contributed by atoms with Crippen molar-refractivity contribution < 1.29 is 31.9 Å². The summed E-state index contributed by atoms with van der Waals surface area (Å²) >= 11 is 0. The van der Waals surface area contributed by atoms with Gasteiger partial charge in [-0.05, 0) is 66.6 Å². The van der Waals surface area contributed by atoms with Gasteiger partial charge < -0.3 is 14.4 Å². The van der Waals surface area contributed by atoms with Crippen LogP contribution in [0.4, 0.5) is 14.0 Å². The number of benzene rings is 4. The van der Waals surface area contributed by atoms with Crippen LogP contribution >= 0.6 is 0 Å². The molecule has 0 heterocycles. The van der Waals surface area contributed by atoms with E-state index >= 15 is 0 Å². The summed E-state index contributed by atoms with van der Waals surface area (Å²) in [5.41, 5.74) is 2.07. The lowest BCUT2D eigenvalue weighted by Gasteiger charge is -2.21. The summed E-state index contributed by atoms with van der Waals surface area (Å²) in [6.45, 7) is 2.27. The van der Waals surface area contributed by atoms with Crippen molar-refractivity contribution in [2.75, 3.05) is 6.54 Å². The minimum atomic E-state index is -3.93. The lowest BCUT2D eigenvalue weighted by Crippen LogP contribution is -2.34. The van der Waals surface area contributed by atoms with Gasteiger partial charge >= 0.3 is 12.2 Å². The van der Waals surface area contributed by atoms with E-state index in [1.54, 1.807) is 73.7 Å². The summed E-state index contributed by atoms with van der Waals surface area (Å²) in [4.78, 5) is 26.5. The van der Waals surface area contributed by atoms with E-state index in [4.69, 9.17) is 20.0 Å². The number of hydrogen-bond donors (Lipinski definition) is 3. The highest BCUT2D eigenvalue weighted by atomic mass is 32.2. The first-order valence-electron chi connectivity index (χ1n) is 12.6. The molecule has 0 unspecified atom stereocenters. The van der Waals surface area contributed by atoms with Gasteiger partial charge in [-0.2, -0.15) is 0 Å². The molecule has 0 saturated carbocycles. The van der Waals surface area contributed by atoms with Crippen molar-refractivity contribution in [1.29, 1.82) is 5.41 Å². The van der Waals surface area contributed by atoms with Gasteiger partial charge in [0.2, 0.25) is 10.0 Å². The van der Waals surface area contributed by atoms with E-state index in [9.17, 15) is 22.4 Å². The van der Waals surface area contributed by atoms with E-state index in [0.29, 0.717) is 28.8 Å². The predicted molar refractivity (Wildman–Crippen MR) is 154 cm³/mol. The average Bonchev–Trinajstić information content (AvgIpc) is 2.97. The highest BCUT2D eigenvalue weighted by molar-refractivity contribution is 7.89. The number of halogens is 1. The maximum absolute atomic E-state index is 13.0. The fourth-order valence-electron chi connectivity index (χ4n) is 3.98. The molecule has 10 nitrogen and oxygen atoms in total. The number of amides is 2. The maximum atomic E-state index is 13.0. The molecule has 216 valence electrons. The third-order valence-electron chi connectivity index (χ3n) is 6.04. The molecule has 0 spiro atoms. The number of hydrogen-bond acceptors (Lipinski definition) is 7. The van der Waals surface area contributed by atoms with Crippen molar-refractivity contribution in [3.8, 4) is 22.6 Å². The lowest BCUT2D eigenvalue weighted by molar-refractivity contribution is 0.152. The van der Waals surface area contributed by atoms with Crippen LogP contribution in [-0.2, 0) is 16.6 Å². The predicted octanol–water partition coefficient (Wildman–Crippen LogP) is 5.27. The van der Waals surface area contributed by atoms with E-state index in [-0.39, 0.29) is 28.8 Å². The third kappa shape index (κ3) is 7.77. The van der Waals surface area contributed by atoms with Crippen molar-refractivity contribution in [1.82, 2.24) is 10.2 Å². The summed E-state index contributed by atoms with van der Waals surface area (Å²) in [6.07, 6.45) is -1.52. The van der Waals surface area contributed by atoms with Crippen molar-refractivity contribution >= 4 is 28.0 Å². The highest BCUT2D eigenvalue weighted by Gasteiger charge is 2.18. The molecule has 0 bridgehead atoms. The number of ether oxygens (including phenoxy) is 2. The summed E-state index contributed by atoms with van der Waals surface area (Å²) in [6, 6.07) is 24.3. The molecule has 42 heavy (non-hydrogen) atoms. The Bertz CT molecular complexity index is 1710. The molecule has 4 aromatic rings. The van der Waals surface area contributed by atoms with Crippen LogP contribution in [0.5, 0.6) is 11.5 Å². The number of primary sulfonamides is 1. The number of amidine groups is 1. The highest BCUT2D eigenvalue weighted by Crippen LogP contribution is 2.28. The van der Waals surface area contributed by atoms with Crippen molar-refractivity contribution in [2.45, 2.75) is 18.4 Å².